The van der Waals surface area contributed by atoms with Gasteiger partial charge in [0.15, 0.2) is 0 Å². The van der Waals surface area contributed by atoms with Gasteiger partial charge in [0, 0.05) is 11.8 Å². The van der Waals surface area contributed by atoms with Gasteiger partial charge in [-0.1, -0.05) is 41.5 Å². The minimum Gasteiger partial charge on any atom is -0.388 e. The standard InChI is InChI=1S/C14H20F3NO/c1-12(2,3)9-7-8-18-11(19-14(15,16)17)10(9)13(4,5)6/h7-8H,1-6H3. The van der Waals surface area contributed by atoms with Crippen molar-refractivity contribution in [1.29, 1.82) is 0 Å². The summed E-state index contributed by atoms with van der Waals surface area (Å²) in [4.78, 5) is 3.76. The highest BCUT2D eigenvalue weighted by Gasteiger charge is 2.36. The van der Waals surface area contributed by atoms with Crippen LogP contribution < -0.4 is 4.74 Å². The molecule has 0 aliphatic heterocycles. The number of halogens is 3. The van der Waals surface area contributed by atoms with E-state index in [1.165, 1.54) is 6.20 Å². The molecule has 108 valence electrons. The van der Waals surface area contributed by atoms with E-state index in [2.05, 4.69) is 9.72 Å². The SMILES string of the molecule is CC(C)(C)c1ccnc(OC(F)(F)F)c1C(C)(C)C. The van der Waals surface area contributed by atoms with E-state index in [9.17, 15) is 13.2 Å². The van der Waals surface area contributed by atoms with Crippen LogP contribution in [0.25, 0.3) is 0 Å². The number of alkyl halides is 3. The summed E-state index contributed by atoms with van der Waals surface area (Å²) < 4.78 is 41.5. The lowest BCUT2D eigenvalue weighted by Gasteiger charge is -2.31. The molecule has 2 nitrogen and oxygen atoms in total. The Hall–Kier alpha value is -1.26. The van der Waals surface area contributed by atoms with Gasteiger partial charge in [-0.05, 0) is 22.5 Å². The minimum atomic E-state index is -4.73. The Morgan fingerprint density at radius 2 is 1.47 bits per heavy atom. The molecule has 1 heterocycles. The van der Waals surface area contributed by atoms with Crippen LogP contribution in [0, 0.1) is 0 Å². The van der Waals surface area contributed by atoms with Gasteiger partial charge < -0.3 is 4.74 Å². The molecule has 1 rings (SSSR count). The van der Waals surface area contributed by atoms with Gasteiger partial charge in [-0.2, -0.15) is 0 Å². The number of hydrogen-bond acceptors (Lipinski definition) is 2. The summed E-state index contributed by atoms with van der Waals surface area (Å²) in [5.41, 5.74) is 0.543. The molecular weight excluding hydrogens is 255 g/mol. The van der Waals surface area contributed by atoms with E-state index in [-0.39, 0.29) is 11.3 Å². The molecule has 0 aromatic carbocycles. The minimum absolute atomic E-state index is 0.282. The highest BCUT2D eigenvalue weighted by Crippen LogP contribution is 2.39. The van der Waals surface area contributed by atoms with E-state index < -0.39 is 11.8 Å². The molecule has 0 radical (unpaired) electrons. The van der Waals surface area contributed by atoms with Crippen LogP contribution in [-0.4, -0.2) is 11.3 Å². The Morgan fingerprint density at radius 3 is 1.84 bits per heavy atom. The molecule has 1 aromatic heterocycles. The third-order valence-electron chi connectivity index (χ3n) is 2.69. The molecule has 19 heavy (non-hydrogen) atoms. The van der Waals surface area contributed by atoms with Gasteiger partial charge in [0.25, 0.3) is 0 Å². The van der Waals surface area contributed by atoms with E-state index in [1.54, 1.807) is 6.07 Å². The maximum Gasteiger partial charge on any atom is 0.574 e. The predicted molar refractivity (Wildman–Crippen MR) is 68.3 cm³/mol. The lowest BCUT2D eigenvalue weighted by molar-refractivity contribution is -0.276. The van der Waals surface area contributed by atoms with Crippen molar-refractivity contribution in [2.75, 3.05) is 0 Å². The number of ether oxygens (including phenoxy) is 1. The molecule has 0 atom stereocenters. The van der Waals surface area contributed by atoms with Crippen molar-refractivity contribution < 1.29 is 17.9 Å². The molecule has 0 fully saturated rings. The summed E-state index contributed by atoms with van der Waals surface area (Å²) in [7, 11) is 0. The van der Waals surface area contributed by atoms with Crippen LogP contribution in [-0.2, 0) is 10.8 Å². The monoisotopic (exact) mass is 275 g/mol. The number of pyridine rings is 1. The van der Waals surface area contributed by atoms with Gasteiger partial charge in [0.05, 0.1) is 0 Å². The van der Waals surface area contributed by atoms with Crippen LogP contribution in [0.3, 0.4) is 0 Å². The average molecular weight is 275 g/mol. The molecule has 0 bridgehead atoms. The van der Waals surface area contributed by atoms with Crippen LogP contribution in [0.5, 0.6) is 5.88 Å². The van der Waals surface area contributed by atoms with Crippen molar-refractivity contribution in [2.45, 2.75) is 58.7 Å². The van der Waals surface area contributed by atoms with E-state index in [1.807, 2.05) is 41.5 Å². The fraction of sp³-hybridized carbons (Fsp3) is 0.643. The lowest BCUT2D eigenvalue weighted by atomic mass is 9.76. The second-order valence-electron chi connectivity index (χ2n) is 6.59. The van der Waals surface area contributed by atoms with Gasteiger partial charge in [-0.15, -0.1) is 13.2 Å². The number of hydrogen-bond donors (Lipinski definition) is 0. The van der Waals surface area contributed by atoms with E-state index in [4.69, 9.17) is 0 Å². The largest absolute Gasteiger partial charge is 0.574 e. The predicted octanol–water partition coefficient (Wildman–Crippen LogP) is 4.58. The maximum absolute atomic E-state index is 12.5. The molecule has 0 saturated heterocycles. The molecule has 0 aliphatic carbocycles. The molecule has 0 spiro atoms. The Balaban J connectivity index is 3.49. The second-order valence-corrected chi connectivity index (χ2v) is 6.59. The van der Waals surface area contributed by atoms with Crippen molar-refractivity contribution >= 4 is 0 Å². The zero-order valence-corrected chi connectivity index (χ0v) is 12.1. The van der Waals surface area contributed by atoms with E-state index in [0.717, 1.165) is 5.56 Å². The number of rotatable bonds is 1. The van der Waals surface area contributed by atoms with Gasteiger partial charge >= 0.3 is 6.36 Å². The summed E-state index contributed by atoms with van der Waals surface area (Å²) in [6.07, 6.45) is -3.37. The highest BCUT2D eigenvalue weighted by molar-refractivity contribution is 5.43. The van der Waals surface area contributed by atoms with Gasteiger partial charge in [0.2, 0.25) is 5.88 Å². The Labute approximate surface area is 112 Å². The topological polar surface area (TPSA) is 22.1 Å². The zero-order valence-electron chi connectivity index (χ0n) is 12.1. The summed E-state index contributed by atoms with van der Waals surface area (Å²) in [6.45, 7) is 11.4. The van der Waals surface area contributed by atoms with Crippen LogP contribution in [0.15, 0.2) is 12.3 Å². The third kappa shape index (κ3) is 4.11. The molecule has 0 saturated carbocycles. The van der Waals surface area contributed by atoms with Crippen molar-refractivity contribution in [3.63, 3.8) is 0 Å². The van der Waals surface area contributed by atoms with Gasteiger partial charge in [-0.25, -0.2) is 4.98 Å². The quantitative estimate of drug-likeness (QED) is 0.748. The van der Waals surface area contributed by atoms with Gasteiger partial charge in [0.1, 0.15) is 0 Å². The summed E-state index contributed by atoms with van der Waals surface area (Å²) in [6, 6.07) is 1.75. The van der Waals surface area contributed by atoms with Crippen molar-refractivity contribution in [2.24, 2.45) is 0 Å². The highest BCUT2D eigenvalue weighted by atomic mass is 19.4. The molecule has 0 N–H and O–H groups in total. The summed E-state index contributed by atoms with van der Waals surface area (Å²) in [5, 5.41) is 0. The molecule has 0 unspecified atom stereocenters. The fourth-order valence-electron chi connectivity index (χ4n) is 1.98. The Morgan fingerprint density at radius 1 is 0.947 bits per heavy atom. The van der Waals surface area contributed by atoms with Crippen molar-refractivity contribution in [1.82, 2.24) is 4.98 Å². The van der Waals surface area contributed by atoms with Crippen LogP contribution >= 0.6 is 0 Å². The van der Waals surface area contributed by atoms with Crippen LogP contribution in [0.4, 0.5) is 13.2 Å². The second kappa shape index (κ2) is 4.69. The maximum atomic E-state index is 12.5. The summed E-state index contributed by atoms with van der Waals surface area (Å²) in [5.74, 6) is -0.354. The van der Waals surface area contributed by atoms with Gasteiger partial charge in [-0.3, -0.25) is 0 Å². The molecular formula is C14H20F3NO. The molecule has 0 aliphatic rings. The lowest BCUT2D eigenvalue weighted by Crippen LogP contribution is -2.26. The first-order valence-corrected chi connectivity index (χ1v) is 6.08. The molecule has 0 amide bonds. The first-order valence-electron chi connectivity index (χ1n) is 6.08. The smallest absolute Gasteiger partial charge is 0.388 e. The number of nitrogens with zero attached hydrogens (tertiary/aromatic N) is 1. The first kappa shape index (κ1) is 15.8. The average Bonchev–Trinajstić information content (AvgIpc) is 2.11. The summed E-state index contributed by atoms with van der Waals surface area (Å²) >= 11 is 0. The van der Waals surface area contributed by atoms with E-state index >= 15 is 0 Å². The Bertz CT molecular complexity index is 453. The molecule has 1 aromatic rings. The Kier molecular flexibility index (Phi) is 3.90. The number of aromatic nitrogens is 1. The van der Waals surface area contributed by atoms with Crippen LogP contribution in [0.1, 0.15) is 52.7 Å². The normalized spacial score (nSPS) is 13.5. The fourth-order valence-corrected chi connectivity index (χ4v) is 1.98. The van der Waals surface area contributed by atoms with Crippen LogP contribution in [0.2, 0.25) is 0 Å². The molecule has 5 heteroatoms. The third-order valence-corrected chi connectivity index (χ3v) is 2.69. The zero-order chi connectivity index (χ0) is 15.1. The van der Waals surface area contributed by atoms with Crippen molar-refractivity contribution in [3.8, 4) is 5.88 Å². The van der Waals surface area contributed by atoms with Crippen molar-refractivity contribution in [3.05, 3.63) is 23.4 Å². The van der Waals surface area contributed by atoms with E-state index in [0.29, 0.717) is 5.56 Å². The first-order chi connectivity index (χ1) is 8.32.